The maximum atomic E-state index is 13.9. The van der Waals surface area contributed by atoms with Crippen molar-refractivity contribution in [2.24, 2.45) is 11.3 Å². The Morgan fingerprint density at radius 2 is 2.00 bits per heavy atom. The fraction of sp³-hybridized carbons (Fsp3) is 0.533. The zero-order valence-electron chi connectivity index (χ0n) is 24.0. The molecule has 0 saturated carbocycles. The summed E-state index contributed by atoms with van der Waals surface area (Å²) in [6, 6.07) is 16.5. The van der Waals surface area contributed by atoms with Gasteiger partial charge in [-0.3, -0.25) is 0 Å². The van der Waals surface area contributed by atoms with Crippen LogP contribution >= 0.6 is 0 Å². The van der Waals surface area contributed by atoms with Gasteiger partial charge in [-0.2, -0.15) is 9.57 Å². The van der Waals surface area contributed by atoms with E-state index in [-0.39, 0.29) is 55.3 Å². The molecule has 2 aliphatic heterocycles. The summed E-state index contributed by atoms with van der Waals surface area (Å²) < 4.78 is 45.7. The number of alkyl carbamates (subject to hydrolysis) is 1. The number of hydrogen-bond donors (Lipinski definition) is 3. The van der Waals surface area contributed by atoms with Crippen molar-refractivity contribution in [2.45, 2.75) is 69.0 Å². The van der Waals surface area contributed by atoms with Crippen LogP contribution in [0, 0.1) is 22.7 Å². The molecule has 2 fully saturated rings. The number of nitrogens with zero attached hydrogens (tertiary/aromatic N) is 2. The van der Waals surface area contributed by atoms with Gasteiger partial charge in [0, 0.05) is 25.2 Å². The second kappa shape index (κ2) is 13.8. The lowest BCUT2D eigenvalue weighted by molar-refractivity contribution is -0.0907. The van der Waals surface area contributed by atoms with Crippen LogP contribution in [0.2, 0.25) is 0 Å². The Morgan fingerprint density at radius 3 is 2.71 bits per heavy atom. The van der Waals surface area contributed by atoms with Crippen molar-refractivity contribution in [3.63, 3.8) is 0 Å². The lowest BCUT2D eigenvalue weighted by atomic mass is 9.88. The number of nitrogens with two attached hydrogens (primary N) is 1. The number of amides is 1. The van der Waals surface area contributed by atoms with E-state index in [0.717, 1.165) is 12.0 Å². The lowest BCUT2D eigenvalue weighted by Crippen LogP contribution is -2.52. The van der Waals surface area contributed by atoms with Crippen molar-refractivity contribution in [1.29, 1.82) is 5.26 Å². The van der Waals surface area contributed by atoms with Gasteiger partial charge in [-0.15, -0.1) is 0 Å². The van der Waals surface area contributed by atoms with Crippen LogP contribution in [-0.4, -0.2) is 74.8 Å². The van der Waals surface area contributed by atoms with E-state index < -0.39 is 39.8 Å². The number of hydrogen-bond acceptors (Lipinski definition) is 9. The second-order valence-electron chi connectivity index (χ2n) is 11.7. The minimum atomic E-state index is -4.10. The van der Waals surface area contributed by atoms with Gasteiger partial charge in [0.2, 0.25) is 10.0 Å². The SMILES string of the molecule is CC(C)(CCC#N)CN(C[C@@H](O)[C@H](Cc1ccccc1)NC(=O)O[C@@H]1CO[C@@H]2OCC[C@@H]21)S(=O)(=O)c1cccc(N)c1. The highest BCUT2D eigenvalue weighted by Crippen LogP contribution is 2.33. The molecule has 4 rings (SSSR count). The molecule has 0 aliphatic carbocycles. The molecule has 4 N–H and O–H groups in total. The minimum absolute atomic E-state index is 0.00710. The Hall–Kier alpha value is -3.21. The number of aliphatic hydroxyl groups excluding tert-OH is 1. The van der Waals surface area contributed by atoms with Crippen molar-refractivity contribution >= 4 is 21.8 Å². The van der Waals surface area contributed by atoms with Gasteiger partial charge in [0.05, 0.1) is 42.2 Å². The van der Waals surface area contributed by atoms with E-state index in [9.17, 15) is 18.3 Å². The number of fused-ring (bicyclic) bond motifs is 1. The van der Waals surface area contributed by atoms with Gasteiger partial charge in [0.25, 0.3) is 0 Å². The number of sulfonamides is 1. The van der Waals surface area contributed by atoms with Crippen LogP contribution in [0.3, 0.4) is 0 Å². The van der Waals surface area contributed by atoms with E-state index in [1.54, 1.807) is 12.1 Å². The van der Waals surface area contributed by atoms with E-state index in [4.69, 9.17) is 25.2 Å². The molecule has 2 aromatic rings. The first-order valence-electron chi connectivity index (χ1n) is 14.1. The highest BCUT2D eigenvalue weighted by Gasteiger charge is 2.44. The fourth-order valence-electron chi connectivity index (χ4n) is 5.38. The number of aliphatic hydroxyl groups is 1. The molecular weight excluding hydrogens is 560 g/mol. The number of anilines is 1. The summed E-state index contributed by atoms with van der Waals surface area (Å²) in [5.41, 5.74) is 6.45. The number of nitriles is 1. The molecule has 0 unspecified atom stereocenters. The number of rotatable bonds is 13. The van der Waals surface area contributed by atoms with Gasteiger partial charge >= 0.3 is 6.09 Å². The molecular formula is C30H40N4O7S. The van der Waals surface area contributed by atoms with Crippen LogP contribution in [0.15, 0.2) is 59.5 Å². The zero-order valence-corrected chi connectivity index (χ0v) is 24.8. The highest BCUT2D eigenvalue weighted by molar-refractivity contribution is 7.89. The molecule has 5 atom stereocenters. The third-order valence-corrected chi connectivity index (χ3v) is 9.52. The molecule has 2 saturated heterocycles. The van der Waals surface area contributed by atoms with E-state index in [0.29, 0.717) is 13.0 Å². The first kappa shape index (κ1) is 31.7. The highest BCUT2D eigenvalue weighted by atomic mass is 32.2. The molecule has 0 radical (unpaired) electrons. The van der Waals surface area contributed by atoms with E-state index in [2.05, 4.69) is 11.4 Å². The summed E-state index contributed by atoms with van der Waals surface area (Å²) in [5.74, 6) is -0.0529. The Balaban J connectivity index is 1.56. The molecule has 1 amide bonds. The molecule has 42 heavy (non-hydrogen) atoms. The quantitative estimate of drug-likeness (QED) is 0.293. The normalized spacial score (nSPS) is 21.8. The first-order chi connectivity index (χ1) is 20.0. The van der Waals surface area contributed by atoms with Gasteiger partial charge in [-0.05, 0) is 48.4 Å². The molecule has 2 heterocycles. The first-order valence-corrected chi connectivity index (χ1v) is 15.6. The number of nitrogens with one attached hydrogen (secondary N) is 1. The van der Waals surface area contributed by atoms with Crippen LogP contribution < -0.4 is 11.1 Å². The van der Waals surface area contributed by atoms with Crippen LogP contribution in [0.5, 0.6) is 0 Å². The van der Waals surface area contributed by atoms with Crippen LogP contribution in [0.1, 0.15) is 38.7 Å². The molecule has 228 valence electrons. The van der Waals surface area contributed by atoms with Crippen molar-refractivity contribution < 1.29 is 32.5 Å². The Labute approximate surface area is 247 Å². The fourth-order valence-corrected chi connectivity index (χ4v) is 7.08. The molecule has 0 aromatic heterocycles. The minimum Gasteiger partial charge on any atom is -0.443 e. The predicted molar refractivity (Wildman–Crippen MR) is 155 cm³/mol. The average Bonchev–Trinajstić information content (AvgIpc) is 3.57. The topological polar surface area (TPSA) is 164 Å². The van der Waals surface area contributed by atoms with Gasteiger partial charge in [-0.1, -0.05) is 50.2 Å². The molecule has 2 aliphatic rings. The maximum Gasteiger partial charge on any atom is 0.407 e. The second-order valence-corrected chi connectivity index (χ2v) is 13.6. The number of carbonyl (C=O) groups excluding carboxylic acids is 1. The molecule has 12 heteroatoms. The maximum absolute atomic E-state index is 13.9. The number of carbonyl (C=O) groups is 1. The Morgan fingerprint density at radius 1 is 1.24 bits per heavy atom. The largest absolute Gasteiger partial charge is 0.443 e. The predicted octanol–water partition coefficient (Wildman–Crippen LogP) is 3.05. The third-order valence-electron chi connectivity index (χ3n) is 7.71. The Bertz CT molecular complexity index is 1350. The molecule has 11 nitrogen and oxygen atoms in total. The van der Waals surface area contributed by atoms with Gasteiger partial charge in [0.15, 0.2) is 6.29 Å². The van der Waals surface area contributed by atoms with Crippen LogP contribution in [0.4, 0.5) is 10.5 Å². The molecule has 2 aromatic carbocycles. The number of ether oxygens (including phenoxy) is 3. The summed E-state index contributed by atoms with van der Waals surface area (Å²) in [7, 11) is -4.10. The van der Waals surface area contributed by atoms with Crippen molar-refractivity contribution in [2.75, 3.05) is 32.0 Å². The van der Waals surface area contributed by atoms with E-state index >= 15 is 0 Å². The smallest absolute Gasteiger partial charge is 0.407 e. The van der Waals surface area contributed by atoms with E-state index in [1.807, 2.05) is 44.2 Å². The number of nitrogen functional groups attached to an aromatic ring is 1. The zero-order chi connectivity index (χ0) is 30.3. The van der Waals surface area contributed by atoms with Crippen molar-refractivity contribution in [3.8, 4) is 6.07 Å². The van der Waals surface area contributed by atoms with Crippen molar-refractivity contribution in [1.82, 2.24) is 9.62 Å². The monoisotopic (exact) mass is 600 g/mol. The molecule has 0 spiro atoms. The average molecular weight is 601 g/mol. The number of benzene rings is 2. The third kappa shape index (κ3) is 8.20. The summed E-state index contributed by atoms with van der Waals surface area (Å²) in [5, 5.41) is 23.4. The lowest BCUT2D eigenvalue weighted by Gasteiger charge is -2.35. The van der Waals surface area contributed by atoms with Crippen LogP contribution in [0.25, 0.3) is 0 Å². The standard InChI is InChI=1S/C30H40N4O7S/c1-30(2,13-7-14-31)20-34(42(37,38)23-11-6-10-22(32)17-23)18-26(35)25(16-21-8-4-3-5-9-21)33-29(36)41-27-19-40-28-24(27)12-15-39-28/h3-6,8-11,17,24-28,35H,7,12-13,15-16,18-20,32H2,1-2H3,(H,33,36)/t24-,25+,26-,27-,28+/m1/s1. The van der Waals surface area contributed by atoms with Gasteiger partial charge in [0.1, 0.15) is 6.10 Å². The van der Waals surface area contributed by atoms with Gasteiger partial charge in [-0.25, -0.2) is 13.2 Å². The summed E-state index contributed by atoms with van der Waals surface area (Å²) in [6.07, 6.45) is -1.23. The summed E-state index contributed by atoms with van der Waals surface area (Å²) in [4.78, 5) is 13.1. The van der Waals surface area contributed by atoms with Crippen molar-refractivity contribution in [3.05, 3.63) is 60.2 Å². The summed E-state index contributed by atoms with van der Waals surface area (Å²) >= 11 is 0. The summed E-state index contributed by atoms with van der Waals surface area (Å²) in [6.45, 7) is 4.23. The molecule has 0 bridgehead atoms. The van der Waals surface area contributed by atoms with Gasteiger partial charge < -0.3 is 30.4 Å². The Kier molecular flexibility index (Phi) is 10.5. The van der Waals surface area contributed by atoms with Crippen LogP contribution in [-0.2, 0) is 30.7 Å². The van der Waals surface area contributed by atoms with E-state index in [1.165, 1.54) is 16.4 Å².